The second kappa shape index (κ2) is 13.4. The molecule has 58 heavy (non-hydrogen) atoms. The first-order valence-electron chi connectivity index (χ1n) is 19.1. The summed E-state index contributed by atoms with van der Waals surface area (Å²) in [5, 5.41) is 14.6. The van der Waals surface area contributed by atoms with E-state index in [0.29, 0.717) is 22.5 Å². The second-order valence-corrected chi connectivity index (χ2v) is 15.0. The Morgan fingerprint density at radius 2 is 0.897 bits per heavy atom. The van der Waals surface area contributed by atoms with Gasteiger partial charge in [-0.15, -0.1) is 0 Å². The molecule has 0 saturated carbocycles. The van der Waals surface area contributed by atoms with Crippen LogP contribution in [0.5, 0.6) is 0 Å². The maximum absolute atomic E-state index is 15.3. The molecule has 6 heteroatoms. The molecule has 10 aromatic rings. The highest BCUT2D eigenvalue weighted by Crippen LogP contribution is 2.47. The third kappa shape index (κ3) is 5.66. The molecule has 0 amide bonds. The number of benzene rings is 8. The molecule has 0 fully saturated rings. The van der Waals surface area contributed by atoms with Gasteiger partial charge < -0.3 is 9.13 Å². The zero-order chi connectivity index (χ0) is 39.7. The van der Waals surface area contributed by atoms with Crippen LogP contribution in [-0.2, 0) is 6.18 Å². The molecular formula is C52H34F3N3. The largest absolute Gasteiger partial charge is 0.417 e. The molecule has 0 unspecified atom stereocenters. The predicted molar refractivity (Wildman–Crippen MR) is 231 cm³/mol. The molecule has 2 heterocycles. The van der Waals surface area contributed by atoms with Crippen LogP contribution in [0.1, 0.15) is 22.3 Å². The summed E-state index contributed by atoms with van der Waals surface area (Å²) in [7, 11) is 0. The van der Waals surface area contributed by atoms with Gasteiger partial charge in [-0.3, -0.25) is 0 Å². The van der Waals surface area contributed by atoms with Crippen molar-refractivity contribution in [3.05, 3.63) is 192 Å². The fourth-order valence-electron chi connectivity index (χ4n) is 8.72. The minimum atomic E-state index is -4.67. The molecule has 0 radical (unpaired) electrons. The van der Waals surface area contributed by atoms with Gasteiger partial charge in [0.2, 0.25) is 0 Å². The Hall–Kier alpha value is -7.36. The predicted octanol–water partition coefficient (Wildman–Crippen LogP) is 14.4. The summed E-state index contributed by atoms with van der Waals surface area (Å²) >= 11 is 0. The van der Waals surface area contributed by atoms with Gasteiger partial charge >= 0.3 is 6.18 Å². The fraction of sp³-hybridized carbons (Fsp3) is 0.0577. The van der Waals surface area contributed by atoms with Gasteiger partial charge in [0.1, 0.15) is 0 Å². The van der Waals surface area contributed by atoms with Gasteiger partial charge in [0.15, 0.2) is 0 Å². The average Bonchev–Trinajstić information content (AvgIpc) is 3.75. The number of hydrogen-bond acceptors (Lipinski definition) is 1. The first-order chi connectivity index (χ1) is 28.2. The third-order valence-electron chi connectivity index (χ3n) is 11.3. The Morgan fingerprint density at radius 1 is 0.448 bits per heavy atom. The van der Waals surface area contributed by atoms with Crippen molar-refractivity contribution < 1.29 is 13.2 Å². The zero-order valence-electron chi connectivity index (χ0n) is 31.6. The maximum atomic E-state index is 15.3. The van der Waals surface area contributed by atoms with Gasteiger partial charge in [-0.05, 0) is 84.1 Å². The van der Waals surface area contributed by atoms with Gasteiger partial charge in [-0.2, -0.15) is 18.4 Å². The normalized spacial score (nSPS) is 11.9. The lowest BCUT2D eigenvalue weighted by Gasteiger charge is -2.23. The van der Waals surface area contributed by atoms with E-state index >= 15 is 13.2 Å². The summed E-state index contributed by atoms with van der Waals surface area (Å²) in [5.41, 5.74) is 10.4. The SMILES string of the molecule is Cc1cccc(-c2ccc3c4ccccc4n(-c4cc(C#N)cc(-n5c6ccccc6c6ccc(-c7cccc(C)c7)cc65)c4-c4ccccc4C(F)(F)F)c3c2)c1. The first kappa shape index (κ1) is 35.1. The van der Waals surface area contributed by atoms with Crippen molar-refractivity contribution in [3.63, 3.8) is 0 Å². The van der Waals surface area contributed by atoms with Crippen LogP contribution < -0.4 is 0 Å². The van der Waals surface area contributed by atoms with Crippen LogP contribution in [0.15, 0.2) is 170 Å². The maximum Gasteiger partial charge on any atom is 0.417 e. The number of aryl methyl sites for hydroxylation is 2. The fourth-order valence-corrected chi connectivity index (χ4v) is 8.72. The molecule has 3 nitrogen and oxygen atoms in total. The van der Waals surface area contributed by atoms with E-state index in [1.165, 1.54) is 6.07 Å². The molecule has 278 valence electrons. The lowest BCUT2D eigenvalue weighted by Crippen LogP contribution is -2.11. The van der Waals surface area contributed by atoms with Gasteiger partial charge in [0.25, 0.3) is 0 Å². The summed E-state index contributed by atoms with van der Waals surface area (Å²) in [5.74, 6) is 0. The molecule has 0 saturated heterocycles. The Kier molecular flexibility index (Phi) is 8.10. The topological polar surface area (TPSA) is 33.6 Å². The van der Waals surface area contributed by atoms with E-state index in [1.807, 2.05) is 69.8 Å². The number of nitriles is 1. The van der Waals surface area contributed by atoms with E-state index in [1.54, 1.807) is 24.3 Å². The van der Waals surface area contributed by atoms with E-state index in [4.69, 9.17) is 0 Å². The standard InChI is InChI=1S/C52H34F3N3/c1-32-11-9-13-35(25-32)37-21-23-41-39-15-4-7-19-45(39)57(47(41)29-37)49-27-34(31-56)28-50(51(49)43-17-3-6-18-44(43)52(53,54)55)58-46-20-8-5-16-40(46)42-24-22-38(30-48(42)58)36-14-10-12-33(2)26-36/h3-30H,1-2H3. The minimum absolute atomic E-state index is 0.0195. The van der Waals surface area contributed by atoms with Crippen molar-refractivity contribution >= 4 is 43.6 Å². The van der Waals surface area contributed by atoms with Gasteiger partial charge in [-0.1, -0.05) is 139 Å². The molecule has 2 aromatic heterocycles. The molecule has 0 N–H and O–H groups in total. The number of aromatic nitrogens is 2. The number of para-hydroxylation sites is 2. The Balaban J connectivity index is 1.39. The van der Waals surface area contributed by atoms with Crippen LogP contribution in [0.25, 0.3) is 88.4 Å². The average molecular weight is 758 g/mol. The lowest BCUT2D eigenvalue weighted by molar-refractivity contribution is -0.137. The van der Waals surface area contributed by atoms with Gasteiger partial charge in [0, 0.05) is 27.1 Å². The molecular weight excluding hydrogens is 724 g/mol. The summed E-state index contributed by atoms with van der Waals surface area (Å²) in [4.78, 5) is 0. The van der Waals surface area contributed by atoms with Crippen LogP contribution in [0.4, 0.5) is 13.2 Å². The van der Waals surface area contributed by atoms with Gasteiger partial charge in [-0.25, -0.2) is 0 Å². The van der Waals surface area contributed by atoms with Crippen molar-refractivity contribution in [1.29, 1.82) is 5.26 Å². The lowest BCUT2D eigenvalue weighted by atomic mass is 9.94. The van der Waals surface area contributed by atoms with E-state index in [0.717, 1.165) is 83.1 Å². The van der Waals surface area contributed by atoms with Crippen molar-refractivity contribution in [3.8, 4) is 50.8 Å². The monoisotopic (exact) mass is 757 g/mol. The van der Waals surface area contributed by atoms with E-state index in [9.17, 15) is 5.26 Å². The summed E-state index contributed by atoms with van der Waals surface area (Å²) in [6.07, 6.45) is -4.67. The molecule has 0 atom stereocenters. The van der Waals surface area contributed by atoms with Crippen LogP contribution in [0.3, 0.4) is 0 Å². The highest BCUT2D eigenvalue weighted by molar-refractivity contribution is 6.13. The van der Waals surface area contributed by atoms with Crippen molar-refractivity contribution in [2.24, 2.45) is 0 Å². The molecule has 0 aliphatic heterocycles. The second-order valence-electron chi connectivity index (χ2n) is 15.0. The summed E-state index contributed by atoms with van der Waals surface area (Å²) in [6.45, 7) is 4.10. The van der Waals surface area contributed by atoms with Crippen molar-refractivity contribution in [1.82, 2.24) is 9.13 Å². The van der Waals surface area contributed by atoms with Crippen LogP contribution in [0, 0.1) is 25.2 Å². The smallest absolute Gasteiger partial charge is 0.308 e. The summed E-state index contributed by atoms with van der Waals surface area (Å²) in [6, 6.07) is 56.6. The Morgan fingerprint density at radius 3 is 1.38 bits per heavy atom. The third-order valence-corrected chi connectivity index (χ3v) is 11.3. The number of hydrogen-bond donors (Lipinski definition) is 0. The molecule has 0 aliphatic carbocycles. The first-order valence-corrected chi connectivity index (χ1v) is 19.1. The van der Waals surface area contributed by atoms with Crippen molar-refractivity contribution in [2.45, 2.75) is 20.0 Å². The van der Waals surface area contributed by atoms with Crippen LogP contribution in [-0.4, -0.2) is 9.13 Å². The molecule has 8 aromatic carbocycles. The number of halogens is 3. The Labute approximate surface area is 333 Å². The number of alkyl halides is 3. The number of rotatable bonds is 5. The van der Waals surface area contributed by atoms with Crippen LogP contribution >= 0.6 is 0 Å². The minimum Gasteiger partial charge on any atom is -0.308 e. The van der Waals surface area contributed by atoms with E-state index in [-0.39, 0.29) is 5.56 Å². The summed E-state index contributed by atoms with van der Waals surface area (Å²) < 4.78 is 50.0. The molecule has 0 spiro atoms. The Bertz CT molecular complexity index is 3140. The van der Waals surface area contributed by atoms with E-state index < -0.39 is 11.7 Å². The number of nitrogens with zero attached hydrogens (tertiary/aromatic N) is 3. The molecule has 0 bridgehead atoms. The van der Waals surface area contributed by atoms with E-state index in [2.05, 4.69) is 92.7 Å². The van der Waals surface area contributed by atoms with Crippen molar-refractivity contribution in [2.75, 3.05) is 0 Å². The van der Waals surface area contributed by atoms with Gasteiger partial charge in [0.05, 0.1) is 50.6 Å². The molecule has 0 aliphatic rings. The quantitative estimate of drug-likeness (QED) is 0.172. The molecule has 10 rings (SSSR count). The highest BCUT2D eigenvalue weighted by atomic mass is 19.4. The van der Waals surface area contributed by atoms with Crippen LogP contribution in [0.2, 0.25) is 0 Å². The zero-order valence-corrected chi connectivity index (χ0v) is 31.6. The highest BCUT2D eigenvalue weighted by Gasteiger charge is 2.35. The number of fused-ring (bicyclic) bond motifs is 6.